The fourth-order valence-corrected chi connectivity index (χ4v) is 2.06. The van der Waals surface area contributed by atoms with Gasteiger partial charge in [-0.05, 0) is 12.1 Å². The lowest BCUT2D eigenvalue weighted by Crippen LogP contribution is -2.31. The average molecular weight is 290 g/mol. The molecule has 0 atom stereocenters. The Morgan fingerprint density at radius 3 is 2.84 bits per heavy atom. The molecule has 4 nitrogen and oxygen atoms in total. The van der Waals surface area contributed by atoms with E-state index in [0.29, 0.717) is 16.4 Å². The molecule has 0 unspecified atom stereocenters. The third-order valence-electron chi connectivity index (χ3n) is 2.66. The highest BCUT2D eigenvalue weighted by Crippen LogP contribution is 2.13. The van der Waals surface area contributed by atoms with Gasteiger partial charge >= 0.3 is 0 Å². The van der Waals surface area contributed by atoms with Crippen LogP contribution in [-0.2, 0) is 6.54 Å². The van der Waals surface area contributed by atoms with Gasteiger partial charge in [-0.1, -0.05) is 11.6 Å². The van der Waals surface area contributed by atoms with E-state index < -0.39 is 6.43 Å². The third kappa shape index (κ3) is 3.86. The van der Waals surface area contributed by atoms with E-state index in [0.717, 1.165) is 0 Å². The van der Waals surface area contributed by atoms with E-state index in [-0.39, 0.29) is 26.2 Å². The summed E-state index contributed by atoms with van der Waals surface area (Å²) < 4.78 is 26.6. The number of fused-ring (bicyclic) bond motifs is 1. The quantitative estimate of drug-likeness (QED) is 0.885. The number of hydrogen-bond acceptors (Lipinski definition) is 3. The van der Waals surface area contributed by atoms with Crippen molar-refractivity contribution in [1.29, 1.82) is 0 Å². The fraction of sp³-hybridized carbons (Fsp3) is 0.417. The number of rotatable bonds is 6. The second kappa shape index (κ2) is 6.27. The second-order valence-corrected chi connectivity index (χ2v) is 4.63. The molecule has 0 aromatic carbocycles. The minimum Gasteiger partial charge on any atom is -0.395 e. The SMILES string of the molecule is OCCN(Cc1cn2cc(Cl)ccc2n1)CC(F)F. The number of nitrogens with zero attached hydrogens (tertiary/aromatic N) is 3. The molecule has 7 heteroatoms. The van der Waals surface area contributed by atoms with Gasteiger partial charge in [0.2, 0.25) is 0 Å². The molecule has 0 spiro atoms. The molecule has 2 aromatic rings. The summed E-state index contributed by atoms with van der Waals surface area (Å²) in [7, 11) is 0. The molecular weight excluding hydrogens is 276 g/mol. The summed E-state index contributed by atoms with van der Waals surface area (Å²) in [6.45, 7) is -0.0791. The highest BCUT2D eigenvalue weighted by atomic mass is 35.5. The maximum Gasteiger partial charge on any atom is 0.251 e. The van der Waals surface area contributed by atoms with E-state index >= 15 is 0 Å². The zero-order chi connectivity index (χ0) is 13.8. The Morgan fingerprint density at radius 1 is 1.37 bits per heavy atom. The van der Waals surface area contributed by atoms with Crippen LogP contribution >= 0.6 is 11.6 Å². The van der Waals surface area contributed by atoms with Gasteiger partial charge in [-0.15, -0.1) is 0 Å². The van der Waals surface area contributed by atoms with Crippen molar-refractivity contribution in [3.8, 4) is 0 Å². The molecule has 2 rings (SSSR count). The van der Waals surface area contributed by atoms with E-state index in [1.807, 2.05) is 0 Å². The number of halogens is 3. The first-order valence-corrected chi connectivity index (χ1v) is 6.21. The van der Waals surface area contributed by atoms with Crippen LogP contribution in [0.15, 0.2) is 24.5 Å². The summed E-state index contributed by atoms with van der Waals surface area (Å²) in [5.74, 6) is 0. The van der Waals surface area contributed by atoms with Crippen LogP contribution in [0.25, 0.3) is 5.65 Å². The highest BCUT2D eigenvalue weighted by Gasteiger charge is 2.13. The summed E-state index contributed by atoms with van der Waals surface area (Å²) >= 11 is 5.86. The van der Waals surface area contributed by atoms with Crippen LogP contribution < -0.4 is 0 Å². The molecule has 0 amide bonds. The Morgan fingerprint density at radius 2 is 2.16 bits per heavy atom. The number of aliphatic hydroxyl groups excluding tert-OH is 1. The first kappa shape index (κ1) is 14.2. The van der Waals surface area contributed by atoms with E-state index in [1.54, 1.807) is 28.9 Å². The Hall–Kier alpha value is -1.24. The number of aromatic nitrogens is 2. The van der Waals surface area contributed by atoms with Crippen LogP contribution in [0.5, 0.6) is 0 Å². The van der Waals surface area contributed by atoms with Crippen LogP contribution in [-0.4, -0.2) is 45.5 Å². The lowest BCUT2D eigenvalue weighted by molar-refractivity contribution is 0.0741. The molecule has 2 aromatic heterocycles. The van der Waals surface area contributed by atoms with Gasteiger partial charge in [0.15, 0.2) is 0 Å². The van der Waals surface area contributed by atoms with Crippen molar-refractivity contribution >= 4 is 17.2 Å². The van der Waals surface area contributed by atoms with Gasteiger partial charge in [0.05, 0.1) is 23.9 Å². The summed E-state index contributed by atoms with van der Waals surface area (Å²) in [6.07, 6.45) is 1.02. The van der Waals surface area contributed by atoms with Crippen molar-refractivity contribution in [3.63, 3.8) is 0 Å². The van der Waals surface area contributed by atoms with Crippen molar-refractivity contribution in [1.82, 2.24) is 14.3 Å². The number of aliphatic hydroxyl groups is 1. The lowest BCUT2D eigenvalue weighted by Gasteiger charge is -2.19. The zero-order valence-corrected chi connectivity index (χ0v) is 10.9. The van der Waals surface area contributed by atoms with E-state index in [2.05, 4.69) is 4.98 Å². The van der Waals surface area contributed by atoms with Crippen LogP contribution in [0.1, 0.15) is 5.69 Å². The third-order valence-corrected chi connectivity index (χ3v) is 2.89. The maximum absolute atomic E-state index is 12.4. The second-order valence-electron chi connectivity index (χ2n) is 4.19. The molecule has 1 N–H and O–H groups in total. The molecule has 0 bridgehead atoms. The Kier molecular flexibility index (Phi) is 4.68. The van der Waals surface area contributed by atoms with Crippen LogP contribution in [0, 0.1) is 0 Å². The van der Waals surface area contributed by atoms with E-state index in [1.165, 1.54) is 4.90 Å². The molecule has 0 aliphatic rings. The van der Waals surface area contributed by atoms with Gasteiger partial charge in [0, 0.05) is 25.5 Å². The summed E-state index contributed by atoms with van der Waals surface area (Å²) in [6, 6.07) is 3.48. The molecule has 104 valence electrons. The van der Waals surface area contributed by atoms with Crippen molar-refractivity contribution in [2.24, 2.45) is 0 Å². The standard InChI is InChI=1S/C12H14ClF2N3O/c13-9-1-2-12-16-10(7-18(12)5-9)6-17(3-4-19)8-11(14)15/h1-2,5,7,11,19H,3-4,6,8H2. The largest absolute Gasteiger partial charge is 0.395 e. The normalized spacial score (nSPS) is 11.9. The summed E-state index contributed by atoms with van der Waals surface area (Å²) in [4.78, 5) is 5.79. The fourth-order valence-electron chi connectivity index (χ4n) is 1.89. The number of imidazole rings is 1. The molecular formula is C12H14ClF2N3O. The van der Waals surface area contributed by atoms with Gasteiger partial charge in [-0.2, -0.15) is 0 Å². The van der Waals surface area contributed by atoms with Gasteiger partial charge < -0.3 is 9.51 Å². The molecule has 0 fully saturated rings. The van der Waals surface area contributed by atoms with Crippen LogP contribution in [0.4, 0.5) is 8.78 Å². The Bertz CT molecular complexity index is 547. The summed E-state index contributed by atoms with van der Waals surface area (Å²) in [5, 5.41) is 9.45. The van der Waals surface area contributed by atoms with Gasteiger partial charge in [0.1, 0.15) is 5.65 Å². The predicted molar refractivity (Wildman–Crippen MR) is 68.6 cm³/mol. The van der Waals surface area contributed by atoms with E-state index in [9.17, 15) is 8.78 Å². The number of pyridine rings is 1. The van der Waals surface area contributed by atoms with Crippen molar-refractivity contribution in [2.45, 2.75) is 13.0 Å². The lowest BCUT2D eigenvalue weighted by atomic mass is 10.4. The average Bonchev–Trinajstić information content (AvgIpc) is 2.69. The molecule has 2 heterocycles. The van der Waals surface area contributed by atoms with Crippen molar-refractivity contribution < 1.29 is 13.9 Å². The van der Waals surface area contributed by atoms with Gasteiger partial charge in [0.25, 0.3) is 6.43 Å². The van der Waals surface area contributed by atoms with Gasteiger partial charge in [-0.25, -0.2) is 13.8 Å². The molecule has 0 aliphatic carbocycles. The van der Waals surface area contributed by atoms with Crippen molar-refractivity contribution in [2.75, 3.05) is 19.7 Å². The first-order chi connectivity index (χ1) is 9.08. The highest BCUT2D eigenvalue weighted by molar-refractivity contribution is 6.30. The summed E-state index contributed by atoms with van der Waals surface area (Å²) in [5.41, 5.74) is 1.37. The number of alkyl halides is 2. The predicted octanol–water partition coefficient (Wildman–Crippen LogP) is 2.05. The Labute approximate surface area is 114 Å². The molecule has 0 radical (unpaired) electrons. The topological polar surface area (TPSA) is 40.8 Å². The molecule has 19 heavy (non-hydrogen) atoms. The first-order valence-electron chi connectivity index (χ1n) is 5.83. The van der Waals surface area contributed by atoms with Crippen LogP contribution in [0.2, 0.25) is 5.02 Å². The zero-order valence-electron chi connectivity index (χ0n) is 10.1. The molecule has 0 saturated carbocycles. The smallest absolute Gasteiger partial charge is 0.251 e. The minimum atomic E-state index is -2.43. The van der Waals surface area contributed by atoms with Gasteiger partial charge in [-0.3, -0.25) is 4.90 Å². The monoisotopic (exact) mass is 289 g/mol. The minimum absolute atomic E-state index is 0.161. The van der Waals surface area contributed by atoms with Crippen LogP contribution in [0.3, 0.4) is 0 Å². The Balaban J connectivity index is 2.14. The van der Waals surface area contributed by atoms with Crippen molar-refractivity contribution in [3.05, 3.63) is 35.2 Å². The molecule has 0 saturated heterocycles. The molecule has 0 aliphatic heterocycles. The maximum atomic E-state index is 12.4. The van der Waals surface area contributed by atoms with E-state index in [4.69, 9.17) is 16.7 Å². The number of hydrogen-bond donors (Lipinski definition) is 1.